The summed E-state index contributed by atoms with van der Waals surface area (Å²) in [7, 11) is 0. The molecule has 0 aliphatic carbocycles. The van der Waals surface area contributed by atoms with Gasteiger partial charge in [-0.15, -0.1) is 0 Å². The number of nitrogens with zero attached hydrogens (tertiary/aromatic N) is 4. The average molecular weight is 338 g/mol. The summed E-state index contributed by atoms with van der Waals surface area (Å²) in [5, 5.41) is 15.3. The lowest BCUT2D eigenvalue weighted by Gasteiger charge is -2.27. The van der Waals surface area contributed by atoms with Crippen LogP contribution in [0.4, 0.5) is 10.6 Å². The van der Waals surface area contributed by atoms with Gasteiger partial charge < -0.3 is 15.7 Å². The molecule has 0 radical (unpaired) electrons. The second kappa shape index (κ2) is 6.68. The minimum atomic E-state index is -1.07. The van der Waals surface area contributed by atoms with Gasteiger partial charge in [-0.05, 0) is 32.0 Å². The van der Waals surface area contributed by atoms with Crippen LogP contribution in [-0.2, 0) is 0 Å². The fourth-order valence-corrected chi connectivity index (χ4v) is 2.37. The molecule has 128 valence electrons. The van der Waals surface area contributed by atoms with Crippen LogP contribution in [0.5, 0.6) is 0 Å². The van der Waals surface area contributed by atoms with Crippen molar-refractivity contribution in [3.05, 3.63) is 43.0 Å². The first-order valence-electron chi connectivity index (χ1n) is 7.72. The van der Waals surface area contributed by atoms with E-state index >= 15 is 0 Å². The first-order chi connectivity index (χ1) is 11.9. The predicted molar refractivity (Wildman–Crippen MR) is 94.3 cm³/mol. The molecule has 0 spiro atoms. The Morgan fingerprint density at radius 1 is 1.12 bits per heavy atom. The summed E-state index contributed by atoms with van der Waals surface area (Å²) >= 11 is 0. The quantitative estimate of drug-likeness (QED) is 0.655. The zero-order valence-corrected chi connectivity index (χ0v) is 13.9. The SMILES string of the molecule is CC(C)(CNC(=O)O)Nc1nc(-c2ccncc2)nc2cnccc12. The summed E-state index contributed by atoms with van der Waals surface area (Å²) in [5.74, 6) is 1.17. The molecule has 0 saturated carbocycles. The van der Waals surface area contributed by atoms with Crippen molar-refractivity contribution in [3.8, 4) is 11.4 Å². The Hall–Kier alpha value is -3.29. The zero-order chi connectivity index (χ0) is 17.9. The van der Waals surface area contributed by atoms with Crippen LogP contribution in [0, 0.1) is 0 Å². The van der Waals surface area contributed by atoms with Gasteiger partial charge in [0.25, 0.3) is 0 Å². The molecule has 0 fully saturated rings. The molecule has 0 aliphatic heterocycles. The molecule has 3 aromatic heterocycles. The number of hydrogen-bond acceptors (Lipinski definition) is 6. The van der Waals surface area contributed by atoms with E-state index in [1.54, 1.807) is 24.8 Å². The van der Waals surface area contributed by atoms with Crippen molar-refractivity contribution in [1.29, 1.82) is 0 Å². The van der Waals surface area contributed by atoms with Crippen LogP contribution >= 0.6 is 0 Å². The van der Waals surface area contributed by atoms with Crippen molar-refractivity contribution >= 4 is 22.8 Å². The number of carboxylic acid groups (broad SMARTS) is 1. The Morgan fingerprint density at radius 2 is 1.84 bits per heavy atom. The van der Waals surface area contributed by atoms with Crippen LogP contribution in [0.2, 0.25) is 0 Å². The molecule has 25 heavy (non-hydrogen) atoms. The number of amides is 1. The smallest absolute Gasteiger partial charge is 0.404 e. The third-order valence-corrected chi connectivity index (χ3v) is 3.58. The first-order valence-corrected chi connectivity index (χ1v) is 7.72. The normalized spacial score (nSPS) is 11.3. The van der Waals surface area contributed by atoms with Crippen molar-refractivity contribution in [1.82, 2.24) is 25.3 Å². The van der Waals surface area contributed by atoms with Crippen LogP contribution in [-0.4, -0.2) is 43.2 Å². The number of anilines is 1. The minimum absolute atomic E-state index is 0.226. The molecule has 0 atom stereocenters. The highest BCUT2D eigenvalue weighted by Crippen LogP contribution is 2.26. The number of rotatable bonds is 5. The van der Waals surface area contributed by atoms with Crippen LogP contribution in [0.25, 0.3) is 22.3 Å². The van der Waals surface area contributed by atoms with E-state index in [2.05, 4.69) is 30.6 Å². The highest BCUT2D eigenvalue weighted by Gasteiger charge is 2.21. The molecule has 0 bridgehead atoms. The maximum absolute atomic E-state index is 10.8. The summed E-state index contributed by atoms with van der Waals surface area (Å²) in [6.07, 6.45) is 5.64. The molecule has 8 heteroatoms. The zero-order valence-electron chi connectivity index (χ0n) is 13.9. The monoisotopic (exact) mass is 338 g/mol. The van der Waals surface area contributed by atoms with Crippen molar-refractivity contribution in [2.45, 2.75) is 19.4 Å². The van der Waals surface area contributed by atoms with Crippen LogP contribution in [0.15, 0.2) is 43.0 Å². The number of nitrogens with one attached hydrogen (secondary N) is 2. The van der Waals surface area contributed by atoms with E-state index in [-0.39, 0.29) is 6.54 Å². The summed E-state index contributed by atoms with van der Waals surface area (Å²) in [6, 6.07) is 5.49. The summed E-state index contributed by atoms with van der Waals surface area (Å²) < 4.78 is 0. The number of hydrogen-bond donors (Lipinski definition) is 3. The highest BCUT2D eigenvalue weighted by atomic mass is 16.4. The minimum Gasteiger partial charge on any atom is -0.465 e. The molecule has 3 N–H and O–H groups in total. The second-order valence-corrected chi connectivity index (χ2v) is 6.19. The lowest BCUT2D eigenvalue weighted by molar-refractivity contribution is 0.192. The Bertz CT molecular complexity index is 898. The largest absolute Gasteiger partial charge is 0.465 e. The van der Waals surface area contributed by atoms with E-state index in [1.807, 2.05) is 32.0 Å². The van der Waals surface area contributed by atoms with E-state index < -0.39 is 11.6 Å². The van der Waals surface area contributed by atoms with E-state index in [9.17, 15) is 4.79 Å². The Balaban J connectivity index is 2.02. The van der Waals surface area contributed by atoms with Crippen molar-refractivity contribution < 1.29 is 9.90 Å². The number of carbonyl (C=O) groups is 1. The molecular formula is C17H18N6O2. The average Bonchev–Trinajstić information content (AvgIpc) is 2.60. The van der Waals surface area contributed by atoms with E-state index in [4.69, 9.17) is 5.11 Å². The van der Waals surface area contributed by atoms with Crippen molar-refractivity contribution in [3.63, 3.8) is 0 Å². The maximum atomic E-state index is 10.8. The summed E-state index contributed by atoms with van der Waals surface area (Å²) in [4.78, 5) is 28.1. The Labute approximate surface area is 144 Å². The van der Waals surface area contributed by atoms with Crippen molar-refractivity contribution in [2.24, 2.45) is 0 Å². The lowest BCUT2D eigenvalue weighted by Crippen LogP contribution is -2.43. The first kappa shape index (κ1) is 16.6. The summed E-state index contributed by atoms with van der Waals surface area (Å²) in [5.41, 5.74) is 0.998. The number of fused-ring (bicyclic) bond motifs is 1. The molecule has 0 unspecified atom stereocenters. The van der Waals surface area contributed by atoms with Gasteiger partial charge in [0.15, 0.2) is 5.82 Å². The molecule has 0 aliphatic rings. The van der Waals surface area contributed by atoms with E-state index in [1.165, 1.54) is 0 Å². The van der Waals surface area contributed by atoms with E-state index in [0.29, 0.717) is 17.2 Å². The van der Waals surface area contributed by atoms with Gasteiger partial charge in [0.2, 0.25) is 0 Å². The summed E-state index contributed by atoms with van der Waals surface area (Å²) in [6.45, 7) is 4.01. The van der Waals surface area contributed by atoms with Gasteiger partial charge in [0.1, 0.15) is 5.82 Å². The second-order valence-electron chi connectivity index (χ2n) is 6.19. The molecule has 1 amide bonds. The van der Waals surface area contributed by atoms with Crippen molar-refractivity contribution in [2.75, 3.05) is 11.9 Å². The van der Waals surface area contributed by atoms with Gasteiger partial charge in [-0.3, -0.25) is 9.97 Å². The number of pyridine rings is 2. The van der Waals surface area contributed by atoms with Gasteiger partial charge in [0.05, 0.1) is 17.3 Å². The Morgan fingerprint density at radius 3 is 2.56 bits per heavy atom. The van der Waals surface area contributed by atoms with Gasteiger partial charge in [-0.1, -0.05) is 0 Å². The van der Waals surface area contributed by atoms with Gasteiger partial charge in [-0.25, -0.2) is 14.8 Å². The van der Waals surface area contributed by atoms with Crippen LogP contribution < -0.4 is 10.6 Å². The Kier molecular flexibility index (Phi) is 4.42. The van der Waals surface area contributed by atoms with Gasteiger partial charge in [-0.2, -0.15) is 0 Å². The molecular weight excluding hydrogens is 320 g/mol. The van der Waals surface area contributed by atoms with E-state index in [0.717, 1.165) is 10.9 Å². The van der Waals surface area contributed by atoms with Gasteiger partial charge in [0, 0.05) is 36.1 Å². The molecule has 3 heterocycles. The van der Waals surface area contributed by atoms with Crippen LogP contribution in [0.1, 0.15) is 13.8 Å². The lowest BCUT2D eigenvalue weighted by atomic mass is 10.1. The maximum Gasteiger partial charge on any atom is 0.404 e. The fraction of sp³-hybridized carbons (Fsp3) is 0.235. The topological polar surface area (TPSA) is 113 Å². The predicted octanol–water partition coefficient (Wildman–Crippen LogP) is 2.54. The number of aromatic nitrogens is 4. The molecule has 0 aromatic carbocycles. The third kappa shape index (κ3) is 3.97. The van der Waals surface area contributed by atoms with Gasteiger partial charge >= 0.3 is 6.09 Å². The third-order valence-electron chi connectivity index (χ3n) is 3.58. The molecule has 3 rings (SSSR count). The molecule has 8 nitrogen and oxygen atoms in total. The highest BCUT2D eigenvalue weighted by molar-refractivity contribution is 5.90. The fourth-order valence-electron chi connectivity index (χ4n) is 2.37. The molecule has 3 aromatic rings. The van der Waals surface area contributed by atoms with Crippen LogP contribution in [0.3, 0.4) is 0 Å². The standard InChI is InChI=1S/C17H18N6O2/c1-17(2,10-20-16(24)25)23-15-12-5-8-19-9-13(12)21-14(22-15)11-3-6-18-7-4-11/h3-9,20H,10H2,1-2H3,(H,24,25)(H,21,22,23). The molecule has 0 saturated heterocycles.